The molecule has 0 unspecified atom stereocenters. The number of ether oxygens (including phenoxy) is 3. The van der Waals surface area contributed by atoms with Gasteiger partial charge < -0.3 is 14.2 Å². The minimum absolute atomic E-state index is 0.0845. The van der Waals surface area contributed by atoms with Crippen molar-refractivity contribution in [1.82, 2.24) is 4.90 Å². The van der Waals surface area contributed by atoms with E-state index in [4.69, 9.17) is 26.4 Å². The average molecular weight is 456 g/mol. The molecule has 0 saturated carbocycles. The normalized spacial score (nSPS) is 14.9. The van der Waals surface area contributed by atoms with Crippen LogP contribution in [0.4, 0.5) is 0 Å². The van der Waals surface area contributed by atoms with E-state index in [2.05, 4.69) is 6.58 Å². The molecule has 1 fully saturated rings. The zero-order valence-electron chi connectivity index (χ0n) is 17.4. The Morgan fingerprint density at radius 3 is 2.13 bits per heavy atom. The molecule has 0 aromatic heterocycles. The van der Waals surface area contributed by atoms with Crippen LogP contribution < -0.4 is 9.47 Å². The maximum Gasteiger partial charge on any atom is 0.266 e. The molecule has 1 aliphatic heterocycles. The highest BCUT2D eigenvalue weighted by atomic mass is 32.2. The first-order chi connectivity index (χ1) is 15.1. The lowest BCUT2D eigenvalue weighted by Crippen LogP contribution is -2.27. The van der Waals surface area contributed by atoms with Gasteiger partial charge in [0, 0.05) is 6.54 Å². The highest BCUT2D eigenvalue weighted by molar-refractivity contribution is 8.26. The number of hydrogen-bond donors (Lipinski definition) is 0. The largest absolute Gasteiger partial charge is 0.491 e. The molecule has 5 nitrogen and oxygen atoms in total. The maximum absolute atomic E-state index is 12.4. The molecule has 0 atom stereocenters. The first-order valence-electron chi connectivity index (χ1n) is 9.93. The van der Waals surface area contributed by atoms with Crippen molar-refractivity contribution in [3.63, 3.8) is 0 Å². The van der Waals surface area contributed by atoms with Gasteiger partial charge in [-0.2, -0.15) is 0 Å². The average Bonchev–Trinajstić information content (AvgIpc) is 3.03. The van der Waals surface area contributed by atoms with Crippen LogP contribution in [0, 0.1) is 6.92 Å². The zero-order chi connectivity index (χ0) is 22.1. The van der Waals surface area contributed by atoms with Gasteiger partial charge in [0.1, 0.15) is 29.0 Å². The van der Waals surface area contributed by atoms with Crippen LogP contribution in [0.3, 0.4) is 0 Å². The van der Waals surface area contributed by atoms with Crippen molar-refractivity contribution in [2.45, 2.75) is 6.92 Å². The van der Waals surface area contributed by atoms with Crippen molar-refractivity contribution in [2.75, 3.05) is 33.0 Å². The Kier molecular flexibility index (Phi) is 8.70. The van der Waals surface area contributed by atoms with Gasteiger partial charge >= 0.3 is 0 Å². The number of carbonyl (C=O) groups excluding carboxylic acids is 1. The number of amides is 1. The Bertz CT molecular complexity index is 939. The lowest BCUT2D eigenvalue weighted by Gasteiger charge is -2.10. The lowest BCUT2D eigenvalue weighted by molar-refractivity contribution is -0.121. The van der Waals surface area contributed by atoms with Gasteiger partial charge in [-0.25, -0.2) is 0 Å². The fourth-order valence-electron chi connectivity index (χ4n) is 2.77. The van der Waals surface area contributed by atoms with Crippen molar-refractivity contribution < 1.29 is 19.0 Å². The van der Waals surface area contributed by atoms with Crippen LogP contribution in [0.25, 0.3) is 6.08 Å². The summed E-state index contributed by atoms with van der Waals surface area (Å²) in [7, 11) is 0. The summed E-state index contributed by atoms with van der Waals surface area (Å²) in [6.45, 7) is 8.05. The van der Waals surface area contributed by atoms with Gasteiger partial charge in [0.25, 0.3) is 5.91 Å². The minimum Gasteiger partial charge on any atom is -0.491 e. The molecule has 1 amide bonds. The molecular formula is C24H25NO4S2. The van der Waals surface area contributed by atoms with Crippen LogP contribution in [0.5, 0.6) is 11.5 Å². The molecule has 0 radical (unpaired) electrons. The number of thioether (sulfide) groups is 1. The Morgan fingerprint density at radius 2 is 1.55 bits per heavy atom. The topological polar surface area (TPSA) is 48.0 Å². The SMILES string of the molecule is C=CCN1C(=O)/C(=C\c2ccc(OCCOCCOc3ccc(C)cc3)cc2)SC1=S. The number of thiocarbonyl (C=S) groups is 1. The Morgan fingerprint density at radius 1 is 0.968 bits per heavy atom. The Balaban J connectivity index is 1.36. The van der Waals surface area contributed by atoms with Gasteiger partial charge in [-0.15, -0.1) is 6.58 Å². The van der Waals surface area contributed by atoms with E-state index in [0.29, 0.717) is 42.2 Å². The monoisotopic (exact) mass is 455 g/mol. The number of carbonyl (C=O) groups is 1. The smallest absolute Gasteiger partial charge is 0.266 e. The first kappa shape index (κ1) is 23.1. The Hall–Kier alpha value is -2.61. The third-order valence-corrected chi connectivity index (χ3v) is 5.75. The van der Waals surface area contributed by atoms with Gasteiger partial charge in [-0.3, -0.25) is 9.69 Å². The minimum atomic E-state index is -0.0845. The third-order valence-electron chi connectivity index (χ3n) is 4.38. The summed E-state index contributed by atoms with van der Waals surface area (Å²) in [6, 6.07) is 15.5. The summed E-state index contributed by atoms with van der Waals surface area (Å²) in [5.74, 6) is 1.50. The van der Waals surface area contributed by atoms with Crippen molar-refractivity contribution in [3.05, 3.63) is 77.2 Å². The zero-order valence-corrected chi connectivity index (χ0v) is 19.0. The predicted octanol–water partition coefficient (Wildman–Crippen LogP) is 4.86. The summed E-state index contributed by atoms with van der Waals surface area (Å²) in [4.78, 5) is 14.5. The molecule has 7 heteroatoms. The second-order valence-corrected chi connectivity index (χ2v) is 8.45. The molecule has 0 aliphatic carbocycles. The summed E-state index contributed by atoms with van der Waals surface area (Å²) < 4.78 is 17.4. The number of nitrogens with zero attached hydrogens (tertiary/aromatic N) is 1. The summed E-state index contributed by atoms with van der Waals surface area (Å²) in [5, 5.41) is 0. The van der Waals surface area contributed by atoms with E-state index in [1.165, 1.54) is 17.3 Å². The van der Waals surface area contributed by atoms with E-state index >= 15 is 0 Å². The van der Waals surface area contributed by atoms with Gasteiger partial charge in [0.15, 0.2) is 0 Å². The van der Waals surface area contributed by atoms with Crippen molar-refractivity contribution in [3.8, 4) is 11.5 Å². The molecule has 0 bridgehead atoms. The number of rotatable bonds is 11. The molecule has 2 aromatic carbocycles. The number of aryl methyl sites for hydroxylation is 1. The second kappa shape index (κ2) is 11.7. The van der Waals surface area contributed by atoms with Gasteiger partial charge in [0.2, 0.25) is 0 Å². The second-order valence-electron chi connectivity index (χ2n) is 6.77. The summed E-state index contributed by atoms with van der Waals surface area (Å²) in [6.07, 6.45) is 3.50. The van der Waals surface area contributed by atoms with Crippen LogP contribution >= 0.6 is 24.0 Å². The van der Waals surface area contributed by atoms with Crippen LogP contribution in [0.15, 0.2) is 66.1 Å². The molecule has 1 aliphatic rings. The number of hydrogen-bond acceptors (Lipinski definition) is 6. The quantitative estimate of drug-likeness (QED) is 0.209. The van der Waals surface area contributed by atoms with Gasteiger partial charge in [-0.1, -0.05) is 59.9 Å². The molecule has 3 rings (SSSR count). The van der Waals surface area contributed by atoms with E-state index in [-0.39, 0.29) is 5.91 Å². The van der Waals surface area contributed by atoms with E-state index in [0.717, 1.165) is 17.1 Å². The fourth-order valence-corrected chi connectivity index (χ4v) is 4.05. The van der Waals surface area contributed by atoms with E-state index < -0.39 is 0 Å². The summed E-state index contributed by atoms with van der Waals surface area (Å²) in [5.41, 5.74) is 2.12. The lowest BCUT2D eigenvalue weighted by atomic mass is 10.2. The molecule has 2 aromatic rings. The maximum atomic E-state index is 12.4. The molecule has 0 N–H and O–H groups in total. The van der Waals surface area contributed by atoms with Crippen molar-refractivity contribution in [1.29, 1.82) is 0 Å². The fraction of sp³-hybridized carbons (Fsp3) is 0.250. The van der Waals surface area contributed by atoms with Crippen molar-refractivity contribution in [2.24, 2.45) is 0 Å². The van der Waals surface area contributed by atoms with E-state index in [1.54, 1.807) is 11.0 Å². The van der Waals surface area contributed by atoms with Crippen LogP contribution in [-0.4, -0.2) is 48.1 Å². The predicted molar refractivity (Wildman–Crippen MR) is 130 cm³/mol. The highest BCUT2D eigenvalue weighted by Gasteiger charge is 2.30. The highest BCUT2D eigenvalue weighted by Crippen LogP contribution is 2.32. The molecule has 1 heterocycles. The first-order valence-corrected chi connectivity index (χ1v) is 11.2. The molecule has 0 spiro atoms. The molecule has 1 saturated heterocycles. The molecule has 31 heavy (non-hydrogen) atoms. The molecule has 162 valence electrons. The van der Waals surface area contributed by atoms with E-state index in [1.807, 2.05) is 61.5 Å². The van der Waals surface area contributed by atoms with Gasteiger partial charge in [-0.05, 0) is 42.8 Å². The number of benzene rings is 2. The Labute approximate surface area is 192 Å². The summed E-state index contributed by atoms with van der Waals surface area (Å²) >= 11 is 6.56. The van der Waals surface area contributed by atoms with Crippen LogP contribution in [-0.2, 0) is 9.53 Å². The van der Waals surface area contributed by atoms with Gasteiger partial charge in [0.05, 0.1) is 18.1 Å². The van der Waals surface area contributed by atoms with Crippen LogP contribution in [0.2, 0.25) is 0 Å². The van der Waals surface area contributed by atoms with Crippen molar-refractivity contribution >= 4 is 40.3 Å². The standard InChI is InChI=1S/C24H25NO4S2/c1-3-12-25-23(26)22(31-24(25)30)17-19-6-10-21(11-7-19)29-16-14-27-13-15-28-20-8-4-18(2)5-9-20/h3-11,17H,1,12-16H2,2H3/b22-17+. The van der Waals surface area contributed by atoms with E-state index in [9.17, 15) is 4.79 Å². The van der Waals surface area contributed by atoms with Crippen LogP contribution in [0.1, 0.15) is 11.1 Å². The third kappa shape index (κ3) is 6.95. The molecular weight excluding hydrogens is 430 g/mol.